The van der Waals surface area contributed by atoms with Crippen LogP contribution in [0.3, 0.4) is 0 Å². The lowest BCUT2D eigenvalue weighted by Crippen LogP contribution is -2.37. The zero-order valence-corrected chi connectivity index (χ0v) is 13.0. The first-order valence-electron chi connectivity index (χ1n) is 8.17. The predicted molar refractivity (Wildman–Crippen MR) is 85.5 cm³/mol. The Labute approximate surface area is 129 Å². The van der Waals surface area contributed by atoms with Gasteiger partial charge < -0.3 is 19.1 Å². The molecule has 7 nitrogen and oxygen atoms in total. The van der Waals surface area contributed by atoms with E-state index in [2.05, 4.69) is 26.3 Å². The standard InChI is InChI=1S/C15H22N6O/c1-2-19-11-16-12-13(19)17-15(21-5-3-4-6-21)18-14(12)20-7-9-22-10-8-20/h11H,2-10H2,1H3. The Kier molecular flexibility index (Phi) is 3.57. The third kappa shape index (κ3) is 2.29. The van der Waals surface area contributed by atoms with Gasteiger partial charge in [0.15, 0.2) is 17.0 Å². The number of imidazole rings is 1. The lowest BCUT2D eigenvalue weighted by atomic mass is 10.3. The predicted octanol–water partition coefficient (Wildman–Crippen LogP) is 1.28. The summed E-state index contributed by atoms with van der Waals surface area (Å²) in [4.78, 5) is 18.8. The van der Waals surface area contributed by atoms with E-state index in [1.54, 1.807) is 0 Å². The van der Waals surface area contributed by atoms with E-state index in [0.717, 1.165) is 68.9 Å². The molecule has 0 spiro atoms. The van der Waals surface area contributed by atoms with E-state index in [-0.39, 0.29) is 0 Å². The molecular formula is C15H22N6O. The lowest BCUT2D eigenvalue weighted by Gasteiger charge is -2.28. The van der Waals surface area contributed by atoms with Crippen molar-refractivity contribution in [3.05, 3.63) is 6.33 Å². The van der Waals surface area contributed by atoms with Crippen LogP contribution in [0.1, 0.15) is 19.8 Å². The molecule has 2 aromatic rings. The van der Waals surface area contributed by atoms with E-state index in [0.29, 0.717) is 0 Å². The molecule has 2 aromatic heterocycles. The van der Waals surface area contributed by atoms with Crippen molar-refractivity contribution in [1.29, 1.82) is 0 Å². The molecule has 118 valence electrons. The second kappa shape index (κ2) is 5.72. The summed E-state index contributed by atoms with van der Waals surface area (Å²) in [6, 6.07) is 0. The first-order chi connectivity index (χ1) is 10.9. The van der Waals surface area contributed by atoms with E-state index < -0.39 is 0 Å². The molecule has 0 aromatic carbocycles. The summed E-state index contributed by atoms with van der Waals surface area (Å²) in [5, 5.41) is 0. The van der Waals surface area contributed by atoms with Crippen LogP contribution in [-0.2, 0) is 11.3 Å². The molecule has 0 N–H and O–H groups in total. The highest BCUT2D eigenvalue weighted by Gasteiger charge is 2.23. The summed E-state index contributed by atoms with van der Waals surface area (Å²) in [7, 11) is 0. The molecule has 4 heterocycles. The van der Waals surface area contributed by atoms with Gasteiger partial charge >= 0.3 is 0 Å². The van der Waals surface area contributed by atoms with E-state index in [1.807, 2.05) is 6.33 Å². The molecule has 0 amide bonds. The van der Waals surface area contributed by atoms with Crippen LogP contribution >= 0.6 is 0 Å². The van der Waals surface area contributed by atoms with Gasteiger partial charge in [-0.2, -0.15) is 9.97 Å². The number of anilines is 2. The Morgan fingerprint density at radius 2 is 1.82 bits per heavy atom. The number of aromatic nitrogens is 4. The zero-order valence-electron chi connectivity index (χ0n) is 13.0. The molecule has 2 aliphatic heterocycles. The lowest BCUT2D eigenvalue weighted by molar-refractivity contribution is 0.122. The number of aryl methyl sites for hydroxylation is 1. The van der Waals surface area contributed by atoms with E-state index in [1.165, 1.54) is 12.8 Å². The summed E-state index contributed by atoms with van der Waals surface area (Å²) >= 11 is 0. The van der Waals surface area contributed by atoms with Gasteiger partial charge in [-0.15, -0.1) is 0 Å². The molecule has 2 saturated heterocycles. The molecule has 2 aliphatic rings. The Morgan fingerprint density at radius 3 is 2.55 bits per heavy atom. The Balaban J connectivity index is 1.82. The molecule has 0 unspecified atom stereocenters. The Bertz CT molecular complexity index is 657. The highest BCUT2D eigenvalue weighted by molar-refractivity contribution is 5.85. The summed E-state index contributed by atoms with van der Waals surface area (Å²) < 4.78 is 7.57. The van der Waals surface area contributed by atoms with Crippen LogP contribution in [0.2, 0.25) is 0 Å². The second-order valence-electron chi connectivity index (χ2n) is 5.84. The molecule has 0 atom stereocenters. The number of hydrogen-bond acceptors (Lipinski definition) is 6. The molecule has 0 aliphatic carbocycles. The highest BCUT2D eigenvalue weighted by Crippen LogP contribution is 2.27. The number of rotatable bonds is 3. The van der Waals surface area contributed by atoms with Crippen molar-refractivity contribution in [2.45, 2.75) is 26.3 Å². The van der Waals surface area contributed by atoms with E-state index >= 15 is 0 Å². The minimum Gasteiger partial charge on any atom is -0.378 e. The van der Waals surface area contributed by atoms with Gasteiger partial charge in [0.05, 0.1) is 19.5 Å². The minimum atomic E-state index is 0.749. The fraction of sp³-hybridized carbons (Fsp3) is 0.667. The maximum Gasteiger partial charge on any atom is 0.229 e. The highest BCUT2D eigenvalue weighted by atomic mass is 16.5. The first-order valence-corrected chi connectivity index (χ1v) is 8.17. The van der Waals surface area contributed by atoms with Crippen LogP contribution in [0.5, 0.6) is 0 Å². The van der Waals surface area contributed by atoms with Gasteiger partial charge in [-0.05, 0) is 19.8 Å². The van der Waals surface area contributed by atoms with Crippen LogP contribution in [0, 0.1) is 0 Å². The Morgan fingerprint density at radius 1 is 1.05 bits per heavy atom. The third-order valence-electron chi connectivity index (χ3n) is 4.47. The monoisotopic (exact) mass is 302 g/mol. The SMILES string of the molecule is CCn1cnc2c(N3CCOCC3)nc(N3CCCC3)nc21. The number of morpholine rings is 1. The van der Waals surface area contributed by atoms with E-state index in [4.69, 9.17) is 14.7 Å². The van der Waals surface area contributed by atoms with Gasteiger partial charge in [0.2, 0.25) is 5.95 Å². The van der Waals surface area contributed by atoms with Crippen LogP contribution in [-0.4, -0.2) is 58.9 Å². The maximum absolute atomic E-state index is 5.47. The van der Waals surface area contributed by atoms with Gasteiger partial charge in [0, 0.05) is 32.7 Å². The zero-order chi connectivity index (χ0) is 14.9. The molecule has 0 radical (unpaired) electrons. The van der Waals surface area contributed by atoms with Crippen LogP contribution < -0.4 is 9.80 Å². The van der Waals surface area contributed by atoms with Crippen molar-refractivity contribution in [3.8, 4) is 0 Å². The first kappa shape index (κ1) is 13.8. The van der Waals surface area contributed by atoms with Crippen molar-refractivity contribution in [2.24, 2.45) is 0 Å². The summed E-state index contributed by atoms with van der Waals surface area (Å²) in [6.45, 7) is 8.32. The fourth-order valence-electron chi connectivity index (χ4n) is 3.20. The number of ether oxygens (including phenoxy) is 1. The van der Waals surface area contributed by atoms with Crippen molar-refractivity contribution in [3.63, 3.8) is 0 Å². The van der Waals surface area contributed by atoms with Gasteiger partial charge in [0.1, 0.15) is 0 Å². The summed E-state index contributed by atoms with van der Waals surface area (Å²) in [6.07, 6.45) is 4.32. The summed E-state index contributed by atoms with van der Waals surface area (Å²) in [5.41, 5.74) is 1.85. The minimum absolute atomic E-state index is 0.749. The van der Waals surface area contributed by atoms with Crippen LogP contribution in [0.25, 0.3) is 11.2 Å². The summed E-state index contributed by atoms with van der Waals surface area (Å²) in [5.74, 6) is 1.81. The average molecular weight is 302 g/mol. The number of hydrogen-bond donors (Lipinski definition) is 0. The van der Waals surface area contributed by atoms with Gasteiger partial charge in [-0.1, -0.05) is 0 Å². The maximum atomic E-state index is 5.47. The number of nitrogens with zero attached hydrogens (tertiary/aromatic N) is 6. The largest absolute Gasteiger partial charge is 0.378 e. The topological polar surface area (TPSA) is 59.3 Å². The van der Waals surface area contributed by atoms with Crippen molar-refractivity contribution in [1.82, 2.24) is 19.5 Å². The van der Waals surface area contributed by atoms with Gasteiger partial charge in [-0.25, -0.2) is 4.98 Å². The average Bonchev–Trinajstić information content (AvgIpc) is 3.24. The molecule has 4 rings (SSSR count). The molecule has 7 heteroatoms. The van der Waals surface area contributed by atoms with Crippen molar-refractivity contribution >= 4 is 22.9 Å². The molecular weight excluding hydrogens is 280 g/mol. The molecule has 0 saturated carbocycles. The molecule has 2 fully saturated rings. The van der Waals surface area contributed by atoms with E-state index in [9.17, 15) is 0 Å². The van der Waals surface area contributed by atoms with Crippen LogP contribution in [0.15, 0.2) is 6.33 Å². The molecule has 0 bridgehead atoms. The van der Waals surface area contributed by atoms with Crippen LogP contribution in [0.4, 0.5) is 11.8 Å². The van der Waals surface area contributed by atoms with Gasteiger partial charge in [0.25, 0.3) is 0 Å². The van der Waals surface area contributed by atoms with Gasteiger partial charge in [-0.3, -0.25) is 0 Å². The number of fused-ring (bicyclic) bond motifs is 1. The normalized spacial score (nSPS) is 19.3. The van der Waals surface area contributed by atoms with Crippen molar-refractivity contribution < 1.29 is 4.74 Å². The Hall–Kier alpha value is -1.89. The quantitative estimate of drug-likeness (QED) is 0.851. The smallest absolute Gasteiger partial charge is 0.229 e. The molecule has 22 heavy (non-hydrogen) atoms. The second-order valence-corrected chi connectivity index (χ2v) is 5.84. The third-order valence-corrected chi connectivity index (χ3v) is 4.47. The van der Waals surface area contributed by atoms with Crippen molar-refractivity contribution in [2.75, 3.05) is 49.2 Å². The fourth-order valence-corrected chi connectivity index (χ4v) is 3.20.